The molecule has 0 saturated carbocycles. The fourth-order valence-electron chi connectivity index (χ4n) is 3.19. The molecule has 4 rings (SSSR count). The third-order valence-electron chi connectivity index (χ3n) is 4.50. The van der Waals surface area contributed by atoms with Gasteiger partial charge in [0, 0.05) is 5.56 Å². The molecule has 2 aromatic carbocycles. The molecule has 0 fully saturated rings. The van der Waals surface area contributed by atoms with E-state index in [0.717, 1.165) is 22.5 Å². The van der Waals surface area contributed by atoms with Crippen LogP contribution in [0.5, 0.6) is 0 Å². The summed E-state index contributed by atoms with van der Waals surface area (Å²) in [7, 11) is 0. The van der Waals surface area contributed by atoms with E-state index < -0.39 is 0 Å². The van der Waals surface area contributed by atoms with Gasteiger partial charge in [-0.05, 0) is 49.6 Å². The molecule has 3 aromatic rings. The average molecular weight is 305 g/mol. The quantitative estimate of drug-likeness (QED) is 0.725. The van der Waals surface area contributed by atoms with E-state index in [1.165, 1.54) is 16.7 Å². The maximum atomic E-state index is 6.00. The number of guanidine groups is 1. The fraction of sp³-hybridized carbons (Fsp3) is 0.222. The summed E-state index contributed by atoms with van der Waals surface area (Å²) < 4.78 is 2.11. The predicted octanol–water partition coefficient (Wildman–Crippen LogP) is 3.25. The highest BCUT2D eigenvalue weighted by atomic mass is 15.4. The van der Waals surface area contributed by atoms with Crippen molar-refractivity contribution in [3.63, 3.8) is 0 Å². The maximum Gasteiger partial charge on any atom is 0.212 e. The Bertz CT molecular complexity index is 951. The number of hydrogen-bond acceptors (Lipinski definition) is 4. The number of fused-ring (bicyclic) bond motifs is 3. The van der Waals surface area contributed by atoms with Crippen molar-refractivity contribution in [2.24, 2.45) is 10.7 Å². The molecule has 0 saturated heterocycles. The molecule has 0 unspecified atom stereocenters. The van der Waals surface area contributed by atoms with Gasteiger partial charge in [0.05, 0.1) is 11.0 Å². The second-order valence-electron chi connectivity index (χ2n) is 6.10. The Kier molecular flexibility index (Phi) is 2.91. The molecule has 0 amide bonds. The topological polar surface area (TPSA) is 68.2 Å². The van der Waals surface area contributed by atoms with Crippen molar-refractivity contribution in [1.82, 2.24) is 9.55 Å². The number of aliphatic imine (C=N–C) groups is 1. The highest BCUT2D eigenvalue weighted by Gasteiger charge is 2.26. The lowest BCUT2D eigenvalue weighted by molar-refractivity contribution is 0.622. The summed E-state index contributed by atoms with van der Waals surface area (Å²) in [4.78, 5) is 9.29. The zero-order chi connectivity index (χ0) is 16.1. The zero-order valence-electron chi connectivity index (χ0n) is 13.5. The van der Waals surface area contributed by atoms with E-state index in [-0.39, 0.29) is 6.17 Å². The third-order valence-corrected chi connectivity index (χ3v) is 4.50. The van der Waals surface area contributed by atoms with Gasteiger partial charge >= 0.3 is 0 Å². The number of hydrogen-bond donors (Lipinski definition) is 2. The van der Waals surface area contributed by atoms with Gasteiger partial charge in [-0.1, -0.05) is 24.3 Å². The molecule has 1 atom stereocenters. The minimum atomic E-state index is -0.196. The number of benzene rings is 2. The summed E-state index contributed by atoms with van der Waals surface area (Å²) in [5.41, 5.74) is 12.9. The number of para-hydroxylation sites is 2. The first-order valence-corrected chi connectivity index (χ1v) is 7.69. The van der Waals surface area contributed by atoms with Gasteiger partial charge in [0.25, 0.3) is 0 Å². The highest BCUT2D eigenvalue weighted by Crippen LogP contribution is 2.34. The molecule has 23 heavy (non-hydrogen) atoms. The Morgan fingerprint density at radius 3 is 2.61 bits per heavy atom. The second-order valence-corrected chi connectivity index (χ2v) is 6.10. The first-order valence-electron chi connectivity index (χ1n) is 7.69. The Morgan fingerprint density at radius 1 is 1.04 bits per heavy atom. The van der Waals surface area contributed by atoms with Gasteiger partial charge in [0.15, 0.2) is 12.1 Å². The standard InChI is InChI=1S/C18H19N5/c1-10-8-12(3)13(9-11(10)2)16-21-17(19)22-18-20-14-6-4-5-7-15(14)23(16)18/h4-9,16H,1-3H3,(H3,19,20,21,22)/t16-/m1/s1. The fourth-order valence-corrected chi connectivity index (χ4v) is 3.19. The summed E-state index contributed by atoms with van der Waals surface area (Å²) >= 11 is 0. The Labute approximate surface area is 134 Å². The van der Waals surface area contributed by atoms with E-state index in [9.17, 15) is 0 Å². The molecule has 1 aromatic heterocycles. The summed E-state index contributed by atoms with van der Waals surface area (Å²) in [6.07, 6.45) is -0.196. The van der Waals surface area contributed by atoms with Gasteiger partial charge in [-0.25, -0.2) is 9.98 Å². The third kappa shape index (κ3) is 2.08. The molecule has 5 nitrogen and oxygen atoms in total. The largest absolute Gasteiger partial charge is 0.370 e. The van der Waals surface area contributed by atoms with Crippen LogP contribution in [0, 0.1) is 20.8 Å². The minimum absolute atomic E-state index is 0.196. The van der Waals surface area contributed by atoms with Crippen LogP contribution in [0.4, 0.5) is 5.95 Å². The summed E-state index contributed by atoms with van der Waals surface area (Å²) in [5.74, 6) is 1.14. The van der Waals surface area contributed by atoms with Crippen LogP contribution < -0.4 is 11.1 Å². The van der Waals surface area contributed by atoms with Crippen LogP contribution in [0.25, 0.3) is 11.0 Å². The van der Waals surface area contributed by atoms with Crippen molar-refractivity contribution in [2.45, 2.75) is 26.9 Å². The summed E-state index contributed by atoms with van der Waals surface area (Å²) in [6.45, 7) is 6.37. The molecule has 1 aliphatic heterocycles. The van der Waals surface area contributed by atoms with Crippen LogP contribution in [0.15, 0.2) is 41.4 Å². The molecule has 116 valence electrons. The van der Waals surface area contributed by atoms with Gasteiger partial charge < -0.3 is 5.73 Å². The molecular weight excluding hydrogens is 286 g/mol. The molecular formula is C18H19N5. The van der Waals surface area contributed by atoms with E-state index in [2.05, 4.69) is 58.8 Å². The Hall–Kier alpha value is -2.82. The van der Waals surface area contributed by atoms with Crippen molar-refractivity contribution in [3.8, 4) is 0 Å². The van der Waals surface area contributed by atoms with Crippen LogP contribution in [0.3, 0.4) is 0 Å². The van der Waals surface area contributed by atoms with Crippen molar-refractivity contribution in [3.05, 3.63) is 58.7 Å². The molecule has 2 heterocycles. The van der Waals surface area contributed by atoms with E-state index in [0.29, 0.717) is 5.96 Å². The average Bonchev–Trinajstić information content (AvgIpc) is 2.88. The number of nitrogens with zero attached hydrogens (tertiary/aromatic N) is 3. The van der Waals surface area contributed by atoms with Crippen molar-refractivity contribution >= 4 is 22.9 Å². The van der Waals surface area contributed by atoms with E-state index >= 15 is 0 Å². The second kappa shape index (κ2) is 4.84. The lowest BCUT2D eigenvalue weighted by Gasteiger charge is -2.25. The van der Waals surface area contributed by atoms with Crippen LogP contribution in [-0.2, 0) is 0 Å². The highest BCUT2D eigenvalue weighted by molar-refractivity contribution is 5.94. The normalized spacial score (nSPS) is 16.8. The van der Waals surface area contributed by atoms with Gasteiger partial charge in [-0.3, -0.25) is 9.88 Å². The molecule has 0 aliphatic carbocycles. The van der Waals surface area contributed by atoms with Crippen molar-refractivity contribution < 1.29 is 0 Å². The van der Waals surface area contributed by atoms with Crippen molar-refractivity contribution in [2.75, 3.05) is 5.32 Å². The number of nitrogens with two attached hydrogens (primary N) is 1. The maximum absolute atomic E-state index is 6.00. The lowest BCUT2D eigenvalue weighted by Crippen LogP contribution is -2.31. The Morgan fingerprint density at radius 2 is 1.78 bits per heavy atom. The number of imidazole rings is 1. The monoisotopic (exact) mass is 305 g/mol. The first kappa shape index (κ1) is 13.8. The van der Waals surface area contributed by atoms with E-state index in [4.69, 9.17) is 5.73 Å². The van der Waals surface area contributed by atoms with Gasteiger partial charge in [-0.2, -0.15) is 0 Å². The molecule has 0 spiro atoms. The summed E-state index contributed by atoms with van der Waals surface area (Å²) in [6, 6.07) is 12.5. The van der Waals surface area contributed by atoms with Gasteiger partial charge in [0.1, 0.15) is 0 Å². The van der Waals surface area contributed by atoms with Gasteiger partial charge in [0.2, 0.25) is 5.95 Å². The number of aryl methyl sites for hydroxylation is 3. The number of nitrogens with one attached hydrogen (secondary N) is 1. The predicted molar refractivity (Wildman–Crippen MR) is 93.8 cm³/mol. The van der Waals surface area contributed by atoms with Crippen LogP contribution in [-0.4, -0.2) is 15.5 Å². The van der Waals surface area contributed by atoms with E-state index in [1.54, 1.807) is 0 Å². The molecule has 1 aliphatic rings. The smallest absolute Gasteiger partial charge is 0.212 e. The molecule has 3 N–H and O–H groups in total. The Balaban J connectivity index is 1.99. The number of rotatable bonds is 1. The molecule has 0 bridgehead atoms. The first-order chi connectivity index (χ1) is 11.0. The number of aromatic nitrogens is 2. The van der Waals surface area contributed by atoms with E-state index in [1.807, 2.05) is 18.2 Å². The molecule has 0 radical (unpaired) electrons. The summed E-state index contributed by atoms with van der Waals surface area (Å²) in [5, 5.41) is 3.07. The van der Waals surface area contributed by atoms with Crippen molar-refractivity contribution in [1.29, 1.82) is 0 Å². The minimum Gasteiger partial charge on any atom is -0.370 e. The van der Waals surface area contributed by atoms with Crippen LogP contribution >= 0.6 is 0 Å². The number of anilines is 1. The van der Waals surface area contributed by atoms with Gasteiger partial charge in [-0.15, -0.1) is 0 Å². The zero-order valence-corrected chi connectivity index (χ0v) is 13.5. The molecule has 5 heteroatoms. The SMILES string of the molecule is Cc1cc(C)c([C@@H]2N=C(N)Nc3nc4ccccc4n32)cc1C. The van der Waals surface area contributed by atoms with Crippen LogP contribution in [0.2, 0.25) is 0 Å². The van der Waals surface area contributed by atoms with Crippen LogP contribution in [0.1, 0.15) is 28.4 Å². The lowest BCUT2D eigenvalue weighted by atomic mass is 9.98.